The van der Waals surface area contributed by atoms with Crippen LogP contribution in [0.15, 0.2) is 36.2 Å². The van der Waals surface area contributed by atoms with E-state index in [1.807, 2.05) is 11.0 Å². The topological polar surface area (TPSA) is 79.0 Å². The standard InChI is InChI=1S/C21H23FN4O2S.2ClH/c1-13(27)29-18-8-9-26(11-15(18)10-19-23-12-24-25-19)20(21(28)14-6-7-14)16-4-2-3-5-17(16)22;;/h2-5,10,12,14,18,20H,6-9,11H2,1H3,(H,23,24,25);2*1H/b15-10-;;. The number of Topliss-reactive ketones (excluding diaryl/α,β-unsaturated/α-hetero) is 1. The third kappa shape index (κ3) is 6.16. The molecule has 31 heavy (non-hydrogen) atoms. The summed E-state index contributed by atoms with van der Waals surface area (Å²) in [5.74, 6) is 0.358. The second-order valence-corrected chi connectivity index (χ2v) is 8.93. The zero-order valence-electron chi connectivity index (χ0n) is 17.0. The molecule has 1 saturated carbocycles. The van der Waals surface area contributed by atoms with Crippen LogP contribution >= 0.6 is 36.6 Å². The molecule has 1 saturated heterocycles. The number of aromatic nitrogens is 3. The van der Waals surface area contributed by atoms with Gasteiger partial charge in [-0.1, -0.05) is 30.0 Å². The number of H-pyrrole nitrogens is 1. The maximum absolute atomic E-state index is 14.6. The van der Waals surface area contributed by atoms with Crippen molar-refractivity contribution in [1.29, 1.82) is 0 Å². The number of halogens is 3. The van der Waals surface area contributed by atoms with E-state index in [2.05, 4.69) is 15.2 Å². The van der Waals surface area contributed by atoms with Crippen molar-refractivity contribution in [3.05, 3.63) is 53.4 Å². The molecular weight excluding hydrogens is 462 g/mol. The van der Waals surface area contributed by atoms with Crippen molar-refractivity contribution in [1.82, 2.24) is 20.1 Å². The summed E-state index contributed by atoms with van der Waals surface area (Å²) in [5.41, 5.74) is 1.42. The van der Waals surface area contributed by atoms with Gasteiger partial charge in [0.25, 0.3) is 0 Å². The van der Waals surface area contributed by atoms with Crippen LogP contribution in [0.1, 0.15) is 43.6 Å². The van der Waals surface area contributed by atoms with Crippen LogP contribution in [0.2, 0.25) is 0 Å². The largest absolute Gasteiger partial charge is 0.297 e. The molecule has 0 bridgehead atoms. The van der Waals surface area contributed by atoms with Crippen LogP contribution in [0.3, 0.4) is 0 Å². The van der Waals surface area contributed by atoms with E-state index < -0.39 is 6.04 Å². The van der Waals surface area contributed by atoms with E-state index in [1.165, 1.54) is 24.2 Å². The fourth-order valence-electron chi connectivity index (χ4n) is 3.86. The Labute approximate surface area is 197 Å². The van der Waals surface area contributed by atoms with Crippen molar-refractivity contribution in [2.45, 2.75) is 37.5 Å². The van der Waals surface area contributed by atoms with Gasteiger partial charge in [-0.05, 0) is 37.0 Å². The molecule has 6 nitrogen and oxygen atoms in total. The lowest BCUT2D eigenvalue weighted by Crippen LogP contribution is -2.43. The van der Waals surface area contributed by atoms with Gasteiger partial charge >= 0.3 is 0 Å². The van der Waals surface area contributed by atoms with Crippen molar-refractivity contribution < 1.29 is 14.0 Å². The maximum Gasteiger partial charge on any atom is 0.186 e. The number of ketones is 1. The van der Waals surface area contributed by atoms with Crippen molar-refractivity contribution in [2.24, 2.45) is 5.92 Å². The van der Waals surface area contributed by atoms with Gasteiger partial charge in [-0.3, -0.25) is 19.6 Å². The molecular formula is C21H25Cl2FN4O2S. The van der Waals surface area contributed by atoms with Crippen molar-refractivity contribution in [3.63, 3.8) is 0 Å². The maximum atomic E-state index is 14.6. The van der Waals surface area contributed by atoms with Gasteiger partial charge in [0.1, 0.15) is 18.0 Å². The highest BCUT2D eigenvalue weighted by molar-refractivity contribution is 8.14. The molecule has 1 aromatic carbocycles. The number of hydrogen-bond donors (Lipinski definition) is 1. The normalized spacial score (nSPS) is 21.1. The fraction of sp³-hybridized carbons (Fsp3) is 0.429. The fourth-order valence-corrected chi connectivity index (χ4v) is 4.77. The highest BCUT2D eigenvalue weighted by Gasteiger charge is 2.41. The Morgan fingerprint density at radius 2 is 2.00 bits per heavy atom. The van der Waals surface area contributed by atoms with E-state index in [-0.39, 0.29) is 52.7 Å². The molecule has 10 heteroatoms. The van der Waals surface area contributed by atoms with Gasteiger partial charge in [-0.15, -0.1) is 24.8 Å². The zero-order valence-corrected chi connectivity index (χ0v) is 19.4. The first kappa shape index (κ1) is 25.5. The number of thioether (sulfide) groups is 1. The average molecular weight is 487 g/mol. The molecule has 0 amide bonds. The number of carbonyl (C=O) groups is 2. The molecule has 1 N–H and O–H groups in total. The molecule has 1 aliphatic carbocycles. The molecule has 2 aromatic rings. The molecule has 2 aliphatic rings. The Balaban J connectivity index is 0.00000171. The first-order valence-corrected chi connectivity index (χ1v) is 10.7. The zero-order chi connectivity index (χ0) is 20.4. The second-order valence-electron chi connectivity index (χ2n) is 7.55. The van der Waals surface area contributed by atoms with Gasteiger partial charge in [0, 0.05) is 36.7 Å². The van der Waals surface area contributed by atoms with Gasteiger partial charge in [0.15, 0.2) is 10.9 Å². The Kier molecular flexibility index (Phi) is 9.24. The van der Waals surface area contributed by atoms with Crippen LogP contribution in [0.25, 0.3) is 6.08 Å². The molecule has 0 radical (unpaired) electrons. The van der Waals surface area contributed by atoms with Crippen LogP contribution in [-0.2, 0) is 9.59 Å². The van der Waals surface area contributed by atoms with Gasteiger partial charge in [0.2, 0.25) is 0 Å². The van der Waals surface area contributed by atoms with E-state index in [0.29, 0.717) is 30.9 Å². The minimum atomic E-state index is -0.606. The SMILES string of the molecule is CC(=O)SC1CCN(C(C(=O)C2CC2)c2ccccc2F)C/C1=C/c1ncn[nH]1.Cl.Cl. The summed E-state index contributed by atoms with van der Waals surface area (Å²) in [4.78, 5) is 31.1. The number of hydrogen-bond acceptors (Lipinski definition) is 6. The van der Waals surface area contributed by atoms with Crippen molar-refractivity contribution in [2.75, 3.05) is 13.1 Å². The van der Waals surface area contributed by atoms with E-state index in [9.17, 15) is 14.0 Å². The van der Waals surface area contributed by atoms with Crippen LogP contribution in [-0.4, -0.2) is 49.3 Å². The number of aromatic amines is 1. The first-order valence-electron chi connectivity index (χ1n) is 9.78. The Morgan fingerprint density at radius 3 is 2.61 bits per heavy atom. The Morgan fingerprint density at radius 1 is 1.26 bits per heavy atom. The van der Waals surface area contributed by atoms with Crippen molar-refractivity contribution in [3.8, 4) is 0 Å². The van der Waals surface area contributed by atoms with E-state index in [1.54, 1.807) is 25.1 Å². The third-order valence-electron chi connectivity index (χ3n) is 5.36. The summed E-state index contributed by atoms with van der Waals surface area (Å²) in [6, 6.07) is 5.92. The smallest absolute Gasteiger partial charge is 0.186 e. The van der Waals surface area contributed by atoms with Gasteiger partial charge < -0.3 is 0 Å². The van der Waals surface area contributed by atoms with Crippen LogP contribution in [0.4, 0.5) is 4.39 Å². The predicted molar refractivity (Wildman–Crippen MR) is 124 cm³/mol. The van der Waals surface area contributed by atoms with Crippen LogP contribution in [0, 0.1) is 11.7 Å². The van der Waals surface area contributed by atoms with Gasteiger partial charge in [-0.25, -0.2) is 9.37 Å². The van der Waals surface area contributed by atoms with Crippen LogP contribution in [0.5, 0.6) is 0 Å². The Bertz CT molecular complexity index is 937. The van der Waals surface area contributed by atoms with Crippen molar-refractivity contribution >= 4 is 53.6 Å². The molecule has 2 atom stereocenters. The molecule has 2 fully saturated rings. The summed E-state index contributed by atoms with van der Waals surface area (Å²) in [6.07, 6.45) is 5.77. The lowest BCUT2D eigenvalue weighted by atomic mass is 9.93. The number of piperidine rings is 1. The number of carbonyl (C=O) groups excluding carboxylic acids is 2. The van der Waals surface area contributed by atoms with E-state index in [0.717, 1.165) is 18.4 Å². The molecule has 2 unspecified atom stereocenters. The molecule has 0 spiro atoms. The van der Waals surface area contributed by atoms with Gasteiger partial charge in [0.05, 0.1) is 6.04 Å². The molecule has 1 aromatic heterocycles. The number of nitrogens with zero attached hydrogens (tertiary/aromatic N) is 3. The minimum Gasteiger partial charge on any atom is -0.297 e. The number of nitrogens with one attached hydrogen (secondary N) is 1. The molecule has 168 valence electrons. The minimum absolute atomic E-state index is 0. The third-order valence-corrected chi connectivity index (χ3v) is 6.51. The molecule has 4 rings (SSSR count). The predicted octanol–water partition coefficient (Wildman–Crippen LogP) is 4.25. The van der Waals surface area contributed by atoms with E-state index in [4.69, 9.17) is 0 Å². The summed E-state index contributed by atoms with van der Waals surface area (Å²) in [5, 5.41) is 6.75. The highest BCUT2D eigenvalue weighted by Crippen LogP contribution is 2.40. The first-order chi connectivity index (χ1) is 14.0. The summed E-state index contributed by atoms with van der Waals surface area (Å²) >= 11 is 1.29. The molecule has 1 aliphatic heterocycles. The number of likely N-dealkylation sites (tertiary alicyclic amines) is 1. The summed E-state index contributed by atoms with van der Waals surface area (Å²) in [7, 11) is 0. The number of rotatable bonds is 6. The van der Waals surface area contributed by atoms with Gasteiger partial charge in [-0.2, -0.15) is 5.10 Å². The lowest BCUT2D eigenvalue weighted by molar-refractivity contribution is -0.126. The van der Waals surface area contributed by atoms with Crippen LogP contribution < -0.4 is 0 Å². The van der Waals surface area contributed by atoms with E-state index >= 15 is 0 Å². The quantitative estimate of drug-likeness (QED) is 0.657. The Hall–Kier alpha value is -1.74. The summed E-state index contributed by atoms with van der Waals surface area (Å²) in [6.45, 7) is 2.65. The average Bonchev–Trinajstić information content (AvgIpc) is 3.42. The summed E-state index contributed by atoms with van der Waals surface area (Å²) < 4.78 is 14.6. The molecule has 2 heterocycles. The second kappa shape index (κ2) is 11.2. The lowest BCUT2D eigenvalue weighted by Gasteiger charge is -2.38. The number of benzene rings is 1. The highest BCUT2D eigenvalue weighted by atomic mass is 35.5. The monoisotopic (exact) mass is 486 g/mol.